The molecule has 0 radical (unpaired) electrons. The van der Waals surface area contributed by atoms with E-state index in [1.807, 2.05) is 0 Å². The minimum Gasteiger partial charge on any atom is -0.311 e. The number of piperidine rings is 1. The van der Waals surface area contributed by atoms with Crippen LogP contribution in [-0.2, 0) is 0 Å². The van der Waals surface area contributed by atoms with Crippen molar-refractivity contribution in [1.29, 1.82) is 0 Å². The van der Waals surface area contributed by atoms with E-state index in [1.165, 1.54) is 25.8 Å². The van der Waals surface area contributed by atoms with Crippen molar-refractivity contribution in [3.63, 3.8) is 0 Å². The van der Waals surface area contributed by atoms with Crippen molar-refractivity contribution < 1.29 is 0 Å². The van der Waals surface area contributed by atoms with Gasteiger partial charge < -0.3 is 5.32 Å². The molecule has 0 saturated carbocycles. The van der Waals surface area contributed by atoms with Gasteiger partial charge in [-0.15, -0.1) is 12.4 Å². The summed E-state index contributed by atoms with van der Waals surface area (Å²) < 4.78 is 0. The second kappa shape index (κ2) is 3.97. The minimum atomic E-state index is 0. The molecular formula is C10H22ClN. The second-order valence-electron chi connectivity index (χ2n) is 4.97. The van der Waals surface area contributed by atoms with Gasteiger partial charge in [0.1, 0.15) is 0 Å². The first kappa shape index (κ1) is 12.2. The molecular weight excluding hydrogens is 170 g/mol. The zero-order chi connectivity index (χ0) is 8.54. The molecule has 1 aliphatic heterocycles. The van der Waals surface area contributed by atoms with E-state index in [-0.39, 0.29) is 12.4 Å². The molecule has 1 aliphatic rings. The van der Waals surface area contributed by atoms with Crippen LogP contribution in [0.2, 0.25) is 0 Å². The van der Waals surface area contributed by atoms with Gasteiger partial charge in [-0.25, -0.2) is 0 Å². The van der Waals surface area contributed by atoms with E-state index < -0.39 is 0 Å². The van der Waals surface area contributed by atoms with Gasteiger partial charge in [0.05, 0.1) is 0 Å². The summed E-state index contributed by atoms with van der Waals surface area (Å²) in [5, 5.41) is 3.64. The number of hydrogen-bond acceptors (Lipinski definition) is 1. The summed E-state index contributed by atoms with van der Waals surface area (Å²) in [5.74, 6) is 0. The van der Waals surface area contributed by atoms with Crippen molar-refractivity contribution in [1.82, 2.24) is 5.32 Å². The monoisotopic (exact) mass is 191 g/mol. The molecule has 1 N–H and O–H groups in total. The lowest BCUT2D eigenvalue weighted by Gasteiger charge is -2.45. The Morgan fingerprint density at radius 3 is 2.00 bits per heavy atom. The van der Waals surface area contributed by atoms with Crippen LogP contribution in [0.15, 0.2) is 0 Å². The molecule has 0 aromatic heterocycles. The molecule has 0 amide bonds. The fourth-order valence-corrected chi connectivity index (χ4v) is 1.70. The molecule has 0 aliphatic carbocycles. The van der Waals surface area contributed by atoms with Crippen LogP contribution in [0.25, 0.3) is 0 Å². The quantitative estimate of drug-likeness (QED) is 0.621. The second-order valence-corrected chi connectivity index (χ2v) is 4.97. The van der Waals surface area contributed by atoms with Crippen LogP contribution >= 0.6 is 12.4 Å². The zero-order valence-electron chi connectivity index (χ0n) is 8.74. The molecule has 0 aromatic rings. The van der Waals surface area contributed by atoms with Crippen molar-refractivity contribution >= 4 is 12.4 Å². The van der Waals surface area contributed by atoms with Gasteiger partial charge in [0, 0.05) is 5.54 Å². The van der Waals surface area contributed by atoms with Crippen LogP contribution in [0.1, 0.15) is 47.0 Å². The van der Waals surface area contributed by atoms with Crippen LogP contribution in [0.5, 0.6) is 0 Å². The maximum Gasteiger partial charge on any atom is 0.0201 e. The maximum absolute atomic E-state index is 3.64. The van der Waals surface area contributed by atoms with E-state index in [4.69, 9.17) is 0 Å². The first-order valence-corrected chi connectivity index (χ1v) is 4.71. The van der Waals surface area contributed by atoms with Crippen molar-refractivity contribution in [2.75, 3.05) is 6.54 Å². The zero-order valence-corrected chi connectivity index (χ0v) is 9.55. The highest BCUT2D eigenvalue weighted by molar-refractivity contribution is 5.85. The summed E-state index contributed by atoms with van der Waals surface area (Å²) in [7, 11) is 0. The van der Waals surface area contributed by atoms with Crippen molar-refractivity contribution in [3.05, 3.63) is 0 Å². The summed E-state index contributed by atoms with van der Waals surface area (Å²) in [6.07, 6.45) is 4.07. The average molecular weight is 192 g/mol. The molecule has 0 spiro atoms. The van der Waals surface area contributed by atoms with E-state index in [1.54, 1.807) is 0 Å². The van der Waals surface area contributed by atoms with Gasteiger partial charge in [-0.1, -0.05) is 27.2 Å². The largest absolute Gasteiger partial charge is 0.311 e. The maximum atomic E-state index is 3.64. The lowest BCUT2D eigenvalue weighted by molar-refractivity contribution is 0.121. The first-order valence-electron chi connectivity index (χ1n) is 4.71. The Morgan fingerprint density at radius 2 is 1.75 bits per heavy atom. The molecule has 2 heteroatoms. The number of rotatable bonds is 0. The Kier molecular flexibility index (Phi) is 4.05. The highest BCUT2D eigenvalue weighted by Crippen LogP contribution is 2.35. The van der Waals surface area contributed by atoms with Gasteiger partial charge in [0.25, 0.3) is 0 Å². The Hall–Kier alpha value is 0.250. The molecule has 1 unspecified atom stereocenters. The molecule has 0 aromatic carbocycles. The summed E-state index contributed by atoms with van der Waals surface area (Å²) in [5.41, 5.74) is 0.763. The molecule has 1 fully saturated rings. The normalized spacial score (nSPS) is 31.0. The van der Waals surface area contributed by atoms with E-state index >= 15 is 0 Å². The predicted octanol–water partition coefficient (Wildman–Crippen LogP) is 2.99. The number of halogens is 1. The minimum absolute atomic E-state index is 0. The Labute approximate surface area is 82.7 Å². The van der Waals surface area contributed by atoms with Crippen LogP contribution in [0, 0.1) is 5.41 Å². The Bertz CT molecular complexity index is 131. The third kappa shape index (κ3) is 2.37. The predicted molar refractivity (Wildman–Crippen MR) is 57.0 cm³/mol. The summed E-state index contributed by atoms with van der Waals surface area (Å²) in [4.78, 5) is 0. The average Bonchev–Trinajstić information content (AvgIpc) is 1.87. The molecule has 1 saturated heterocycles. The summed E-state index contributed by atoms with van der Waals surface area (Å²) in [6.45, 7) is 10.5. The molecule has 1 atom stereocenters. The first-order chi connectivity index (χ1) is 4.96. The number of hydrogen-bond donors (Lipinski definition) is 1. The van der Waals surface area contributed by atoms with Crippen LogP contribution in [0.3, 0.4) is 0 Å². The topological polar surface area (TPSA) is 12.0 Å². The molecule has 74 valence electrons. The SMILES string of the molecule is CC(C)(C)C1(C)CCCCN1.Cl. The van der Waals surface area contributed by atoms with Crippen LogP contribution in [-0.4, -0.2) is 12.1 Å². The van der Waals surface area contributed by atoms with Gasteiger partial charge in [-0.3, -0.25) is 0 Å². The van der Waals surface area contributed by atoms with Gasteiger partial charge in [-0.2, -0.15) is 0 Å². The lowest BCUT2D eigenvalue weighted by atomic mass is 9.70. The fraction of sp³-hybridized carbons (Fsp3) is 1.00. The van der Waals surface area contributed by atoms with Crippen molar-refractivity contribution in [3.8, 4) is 0 Å². The molecule has 1 heterocycles. The van der Waals surface area contributed by atoms with Gasteiger partial charge in [0.2, 0.25) is 0 Å². The summed E-state index contributed by atoms with van der Waals surface area (Å²) in [6, 6.07) is 0. The lowest BCUT2D eigenvalue weighted by Crippen LogP contribution is -2.54. The van der Waals surface area contributed by atoms with Crippen LogP contribution in [0.4, 0.5) is 0 Å². The van der Waals surface area contributed by atoms with Gasteiger partial charge in [0.15, 0.2) is 0 Å². The Morgan fingerprint density at radius 1 is 1.17 bits per heavy atom. The van der Waals surface area contributed by atoms with Crippen LogP contribution < -0.4 is 5.32 Å². The molecule has 12 heavy (non-hydrogen) atoms. The van der Waals surface area contributed by atoms with E-state index in [9.17, 15) is 0 Å². The standard InChI is InChI=1S/C10H21N.ClH/c1-9(2,3)10(4)7-5-6-8-11-10;/h11H,5-8H2,1-4H3;1H. The van der Waals surface area contributed by atoms with Crippen molar-refractivity contribution in [2.45, 2.75) is 52.5 Å². The molecule has 1 rings (SSSR count). The number of nitrogens with one attached hydrogen (secondary N) is 1. The Balaban J connectivity index is 0.00000121. The van der Waals surface area contributed by atoms with Gasteiger partial charge in [-0.05, 0) is 31.7 Å². The highest BCUT2D eigenvalue weighted by atomic mass is 35.5. The highest BCUT2D eigenvalue weighted by Gasteiger charge is 2.37. The summed E-state index contributed by atoms with van der Waals surface area (Å²) >= 11 is 0. The third-order valence-electron chi connectivity index (χ3n) is 3.27. The van der Waals surface area contributed by atoms with E-state index in [0.29, 0.717) is 11.0 Å². The molecule has 1 nitrogen and oxygen atoms in total. The fourth-order valence-electron chi connectivity index (χ4n) is 1.70. The van der Waals surface area contributed by atoms with Crippen molar-refractivity contribution in [2.24, 2.45) is 5.41 Å². The molecule has 0 bridgehead atoms. The third-order valence-corrected chi connectivity index (χ3v) is 3.27. The van der Waals surface area contributed by atoms with E-state index in [2.05, 4.69) is 33.0 Å². The smallest absolute Gasteiger partial charge is 0.0201 e. The van der Waals surface area contributed by atoms with E-state index in [0.717, 1.165) is 0 Å². The van der Waals surface area contributed by atoms with Gasteiger partial charge >= 0.3 is 0 Å².